The van der Waals surface area contributed by atoms with Crippen LogP contribution < -0.4 is 14.7 Å². The summed E-state index contributed by atoms with van der Waals surface area (Å²) in [5.41, 5.74) is 15.8. The number of para-hydroxylation sites is 4. The van der Waals surface area contributed by atoms with Crippen LogP contribution in [0.3, 0.4) is 0 Å². The Balaban J connectivity index is 0.00000511. The van der Waals surface area contributed by atoms with Gasteiger partial charge >= 0.3 is 21.1 Å². The summed E-state index contributed by atoms with van der Waals surface area (Å²) in [6, 6.07) is 72.6. The van der Waals surface area contributed by atoms with E-state index in [-0.39, 0.29) is 27.7 Å². The van der Waals surface area contributed by atoms with Crippen LogP contribution >= 0.6 is 0 Å². The largest absolute Gasteiger partial charge is 2.00 e. The monoisotopic (exact) mass is 995 g/mol. The Kier molecular flexibility index (Phi) is 9.59. The third-order valence-electron chi connectivity index (χ3n) is 12.0. The second kappa shape index (κ2) is 16.6. The van der Waals surface area contributed by atoms with Crippen molar-refractivity contribution in [3.05, 3.63) is 218 Å². The van der Waals surface area contributed by atoms with Crippen molar-refractivity contribution < 1.29 is 25.2 Å². The number of fused-ring (bicyclic) bond motifs is 4. The molecule has 0 spiro atoms. The van der Waals surface area contributed by atoms with E-state index in [1.54, 1.807) is 0 Å². The van der Waals surface area contributed by atoms with Gasteiger partial charge in [-0.3, -0.25) is 0 Å². The van der Waals surface area contributed by atoms with Gasteiger partial charge in [-0.25, -0.2) is 4.98 Å². The first kappa shape index (κ1) is 36.5. The van der Waals surface area contributed by atoms with Gasteiger partial charge in [-0.05, 0) is 94.1 Å². The van der Waals surface area contributed by atoms with E-state index in [1.165, 1.54) is 4.90 Å². The summed E-state index contributed by atoms with van der Waals surface area (Å²) in [5, 5.41) is 2.16. The van der Waals surface area contributed by atoms with Gasteiger partial charge in [0.1, 0.15) is 5.82 Å². The minimum absolute atomic E-state index is 0. The number of hydrogen-bond acceptors (Lipinski definition) is 4. The van der Waals surface area contributed by atoms with Gasteiger partial charge in [-0.15, -0.1) is 35.7 Å². The molecule has 63 heavy (non-hydrogen) atoms. The number of pyridine rings is 1. The van der Waals surface area contributed by atoms with E-state index < -0.39 is 6.98 Å². The van der Waals surface area contributed by atoms with Crippen LogP contribution in [-0.4, -0.2) is 23.2 Å². The van der Waals surface area contributed by atoms with Crippen LogP contribution in [0.15, 0.2) is 194 Å². The Hall–Kier alpha value is -7.20. The third-order valence-corrected chi connectivity index (χ3v) is 12.0. The van der Waals surface area contributed by atoms with Crippen LogP contribution in [0.4, 0.5) is 34.1 Å². The van der Waals surface area contributed by atoms with Crippen LogP contribution in [0.5, 0.6) is 0 Å². The van der Waals surface area contributed by atoms with E-state index in [2.05, 4.69) is 187 Å². The Morgan fingerprint density at radius 2 is 1.21 bits per heavy atom. The molecule has 0 bridgehead atoms. The number of aromatic nitrogens is 2. The number of aryl methyl sites for hydroxylation is 2. The molecule has 8 aromatic carbocycles. The molecule has 1 aliphatic heterocycles. The Labute approximate surface area is 387 Å². The summed E-state index contributed by atoms with van der Waals surface area (Å²) >= 11 is 0. The molecule has 0 aliphatic carbocycles. The van der Waals surface area contributed by atoms with Crippen LogP contribution in [0.1, 0.15) is 15.2 Å². The fourth-order valence-electron chi connectivity index (χ4n) is 9.21. The minimum atomic E-state index is -2.31. The summed E-state index contributed by atoms with van der Waals surface area (Å²) in [6.45, 7) is 2.13. The number of hydrogen-bond donors (Lipinski definition) is 0. The van der Waals surface area contributed by atoms with E-state index in [0.29, 0.717) is 5.69 Å². The molecule has 0 unspecified atom stereocenters. The normalized spacial score (nSPS) is 13.0. The summed E-state index contributed by atoms with van der Waals surface area (Å²) in [4.78, 5) is 10.8. The standard InChI is InChI=1S/C57H43N5.Pt/c1-39-17-14-18-40(2)57(39)61(45-24-15-23-44(36-45)60-38-59(3)52-29-12-13-30-53(52)60)46-31-32-50-49-25-10-11-28-51(49)62(54(50)37-46)55-35-43(33-34-58-55)56-47(41-19-6-4-7-20-41)26-16-27-48(56)42-21-8-5-9-22-42;/h4-35H,38H2,1-3H3;/q-2;+2/i3D3;. The van der Waals surface area contributed by atoms with Crippen molar-refractivity contribution in [1.82, 2.24) is 9.55 Å². The molecule has 0 saturated carbocycles. The molecular weight excluding hydrogens is 950 g/mol. The van der Waals surface area contributed by atoms with E-state index >= 15 is 0 Å². The van der Waals surface area contributed by atoms with E-state index in [9.17, 15) is 0 Å². The zero-order valence-corrected chi connectivity index (χ0v) is 37.0. The molecule has 0 amide bonds. The summed E-state index contributed by atoms with van der Waals surface area (Å²) in [6.07, 6.45) is 1.92. The third kappa shape index (κ3) is 6.99. The first-order valence-electron chi connectivity index (χ1n) is 22.4. The molecule has 1 aliphatic rings. The average Bonchev–Trinajstić information content (AvgIpc) is 3.90. The Bertz CT molecular complexity index is 3330. The fraction of sp³-hybridized carbons (Fsp3) is 0.0702. The van der Waals surface area contributed by atoms with Crippen LogP contribution in [0.25, 0.3) is 61.0 Å². The number of rotatable bonds is 8. The van der Waals surface area contributed by atoms with Crippen molar-refractivity contribution in [1.29, 1.82) is 0 Å². The summed E-state index contributed by atoms with van der Waals surface area (Å²) in [7, 11) is 0. The summed E-state index contributed by atoms with van der Waals surface area (Å²) in [5.74, 6) is 0.780. The number of anilines is 6. The van der Waals surface area contributed by atoms with Gasteiger partial charge in [-0.2, -0.15) is 12.1 Å². The molecule has 11 rings (SSSR count). The van der Waals surface area contributed by atoms with Gasteiger partial charge in [0.15, 0.2) is 0 Å². The average molecular weight is 996 g/mol. The molecule has 0 atom stereocenters. The van der Waals surface area contributed by atoms with Gasteiger partial charge < -0.3 is 19.3 Å². The van der Waals surface area contributed by atoms with Crippen molar-refractivity contribution >= 4 is 55.9 Å². The zero-order valence-electron chi connectivity index (χ0n) is 37.7. The van der Waals surface area contributed by atoms with Gasteiger partial charge in [0.05, 0.1) is 18.0 Å². The van der Waals surface area contributed by atoms with Crippen molar-refractivity contribution in [2.75, 3.05) is 28.3 Å². The van der Waals surface area contributed by atoms with Crippen molar-refractivity contribution in [2.24, 2.45) is 0 Å². The summed E-state index contributed by atoms with van der Waals surface area (Å²) < 4.78 is 27.2. The maximum atomic E-state index is 8.33. The van der Waals surface area contributed by atoms with Crippen molar-refractivity contribution in [3.63, 3.8) is 0 Å². The van der Waals surface area contributed by atoms with Crippen LogP contribution in [0, 0.1) is 26.0 Å². The number of benzene rings is 8. The van der Waals surface area contributed by atoms with E-state index in [1.807, 2.05) is 47.5 Å². The van der Waals surface area contributed by atoms with Crippen molar-refractivity contribution in [3.8, 4) is 39.2 Å². The molecule has 2 aromatic heterocycles. The van der Waals surface area contributed by atoms with Gasteiger partial charge in [0.25, 0.3) is 0 Å². The Morgan fingerprint density at radius 3 is 1.94 bits per heavy atom. The molecule has 10 aromatic rings. The molecule has 0 N–H and O–H groups in total. The quantitative estimate of drug-likeness (QED) is 0.142. The zero-order chi connectivity index (χ0) is 44.2. The predicted molar refractivity (Wildman–Crippen MR) is 259 cm³/mol. The smallest absolute Gasteiger partial charge is 0.358 e. The van der Waals surface area contributed by atoms with Crippen molar-refractivity contribution in [2.45, 2.75) is 13.8 Å². The molecule has 0 radical (unpaired) electrons. The second-order valence-corrected chi connectivity index (χ2v) is 15.8. The van der Waals surface area contributed by atoms with Crippen LogP contribution in [-0.2, 0) is 21.1 Å². The molecular formula is C57H43N5Pt. The van der Waals surface area contributed by atoms with E-state index in [0.717, 1.165) is 101 Å². The molecule has 6 heteroatoms. The van der Waals surface area contributed by atoms with Crippen LogP contribution in [0.2, 0.25) is 0 Å². The number of nitrogens with zero attached hydrogens (tertiary/aromatic N) is 5. The fourth-order valence-corrected chi connectivity index (χ4v) is 9.21. The Morgan fingerprint density at radius 1 is 0.571 bits per heavy atom. The molecule has 0 fully saturated rings. The SMILES string of the molecule is [2H]C([2H])([2H])N1CN(c2[c-]c(N(c3[c-]c4c(cc3)c3ccccc3n4-c3cc(-c4c(-c5ccccc5)cccc4-c4ccccc4)ccn3)c3c(C)cccc3C)ccc2)c2ccccc21.[Pt+2]. The minimum Gasteiger partial charge on any atom is -0.358 e. The maximum Gasteiger partial charge on any atom is 2.00 e. The molecule has 3 heterocycles. The van der Waals surface area contributed by atoms with Gasteiger partial charge in [-0.1, -0.05) is 150 Å². The predicted octanol–water partition coefficient (Wildman–Crippen LogP) is 14.4. The second-order valence-electron chi connectivity index (χ2n) is 15.8. The van der Waals surface area contributed by atoms with Gasteiger partial charge in [0, 0.05) is 28.5 Å². The topological polar surface area (TPSA) is 27.5 Å². The maximum absolute atomic E-state index is 8.33. The first-order valence-corrected chi connectivity index (χ1v) is 20.9. The molecule has 0 saturated heterocycles. The molecule has 5 nitrogen and oxygen atoms in total. The van der Waals surface area contributed by atoms with Gasteiger partial charge in [0.2, 0.25) is 0 Å². The molecule has 306 valence electrons. The first-order chi connectivity index (χ1) is 31.7. The van der Waals surface area contributed by atoms with E-state index in [4.69, 9.17) is 9.10 Å².